The lowest BCUT2D eigenvalue weighted by Gasteiger charge is -2.01. The molecule has 1 aliphatic carbocycles. The lowest BCUT2D eigenvalue weighted by molar-refractivity contribution is 0.632. The van der Waals surface area contributed by atoms with E-state index in [1.54, 1.807) is 10.7 Å². The van der Waals surface area contributed by atoms with E-state index in [1.165, 1.54) is 18.4 Å². The number of halogens is 1. The Morgan fingerprint density at radius 1 is 1.50 bits per heavy atom. The van der Waals surface area contributed by atoms with E-state index >= 15 is 0 Å². The third-order valence-corrected chi connectivity index (χ3v) is 3.62. The van der Waals surface area contributed by atoms with Gasteiger partial charge in [0, 0.05) is 18.6 Å². The maximum atomic E-state index is 13.6. The molecule has 1 aromatic heterocycles. The molecule has 84 valence electrons. The molecule has 0 bridgehead atoms. The van der Waals surface area contributed by atoms with E-state index in [9.17, 15) is 4.39 Å². The van der Waals surface area contributed by atoms with Crippen molar-refractivity contribution in [3.05, 3.63) is 29.7 Å². The quantitative estimate of drug-likeness (QED) is 0.756. The minimum atomic E-state index is -0.215. The fraction of sp³-hybridized carbons (Fsp3) is 0.462. The predicted molar refractivity (Wildman–Crippen MR) is 61.8 cm³/mol. The molecule has 1 aliphatic rings. The molecule has 2 aromatic rings. The molecule has 1 heterocycles. The summed E-state index contributed by atoms with van der Waals surface area (Å²) in [4.78, 5) is 0. The van der Waals surface area contributed by atoms with Gasteiger partial charge in [0.1, 0.15) is 5.52 Å². The second-order valence-electron chi connectivity index (χ2n) is 4.71. The van der Waals surface area contributed by atoms with Crippen molar-refractivity contribution in [2.24, 2.45) is 13.0 Å². The lowest BCUT2D eigenvalue weighted by atomic mass is 10.0. The van der Waals surface area contributed by atoms with E-state index in [0.717, 1.165) is 11.3 Å². The Morgan fingerprint density at radius 2 is 2.31 bits per heavy atom. The number of fused-ring (bicyclic) bond motifs is 1. The third-order valence-electron chi connectivity index (χ3n) is 3.62. The summed E-state index contributed by atoms with van der Waals surface area (Å²) in [5.74, 6) is 1.19. The van der Waals surface area contributed by atoms with Gasteiger partial charge in [0.2, 0.25) is 0 Å². The number of rotatable bonds is 2. The normalized spacial score (nSPS) is 23.9. The zero-order chi connectivity index (χ0) is 11.3. The van der Waals surface area contributed by atoms with Gasteiger partial charge < -0.3 is 0 Å². The third kappa shape index (κ3) is 1.34. The number of benzene rings is 1. The molecule has 0 spiro atoms. The van der Waals surface area contributed by atoms with Gasteiger partial charge in [-0.25, -0.2) is 4.39 Å². The van der Waals surface area contributed by atoms with Crippen molar-refractivity contribution >= 4 is 10.9 Å². The molecule has 1 aromatic carbocycles. The highest BCUT2D eigenvalue weighted by molar-refractivity contribution is 5.83. The number of aryl methyl sites for hydroxylation is 1. The first-order valence-electron chi connectivity index (χ1n) is 5.82. The number of nitrogens with zero attached hydrogens (tertiary/aromatic N) is 2. The Morgan fingerprint density at radius 3 is 3.00 bits per heavy atom. The molecule has 3 heteroatoms. The van der Waals surface area contributed by atoms with Crippen molar-refractivity contribution in [2.45, 2.75) is 25.7 Å². The maximum absolute atomic E-state index is 13.6. The molecule has 0 aliphatic heterocycles. The van der Waals surface area contributed by atoms with Gasteiger partial charge in [0.05, 0.1) is 0 Å². The SMILES string of the molecule is CCC1CC1c1ccc(F)c2nn(C)cc12. The summed E-state index contributed by atoms with van der Waals surface area (Å²) in [6.07, 6.45) is 4.38. The van der Waals surface area contributed by atoms with Crippen LogP contribution in [-0.4, -0.2) is 9.78 Å². The Hall–Kier alpha value is -1.38. The lowest BCUT2D eigenvalue weighted by Crippen LogP contribution is -1.87. The second-order valence-corrected chi connectivity index (χ2v) is 4.71. The highest BCUT2D eigenvalue weighted by Crippen LogP contribution is 2.51. The van der Waals surface area contributed by atoms with Crippen LogP contribution in [0, 0.1) is 11.7 Å². The summed E-state index contributed by atoms with van der Waals surface area (Å²) in [5.41, 5.74) is 1.79. The van der Waals surface area contributed by atoms with Crippen LogP contribution in [0.15, 0.2) is 18.3 Å². The molecule has 16 heavy (non-hydrogen) atoms. The van der Waals surface area contributed by atoms with E-state index in [0.29, 0.717) is 11.4 Å². The molecule has 0 N–H and O–H groups in total. The van der Waals surface area contributed by atoms with Gasteiger partial charge in [-0.1, -0.05) is 19.4 Å². The van der Waals surface area contributed by atoms with Gasteiger partial charge in [-0.2, -0.15) is 5.10 Å². The van der Waals surface area contributed by atoms with Gasteiger partial charge in [-0.15, -0.1) is 0 Å². The minimum Gasteiger partial charge on any atom is -0.274 e. The van der Waals surface area contributed by atoms with Crippen LogP contribution >= 0.6 is 0 Å². The molecular formula is C13H15FN2. The molecule has 0 saturated heterocycles. The highest BCUT2D eigenvalue weighted by Gasteiger charge is 2.37. The number of hydrogen-bond donors (Lipinski definition) is 0. The zero-order valence-corrected chi connectivity index (χ0v) is 9.57. The van der Waals surface area contributed by atoms with Crippen molar-refractivity contribution in [2.75, 3.05) is 0 Å². The largest absolute Gasteiger partial charge is 0.274 e. The molecular weight excluding hydrogens is 203 g/mol. The van der Waals surface area contributed by atoms with E-state index < -0.39 is 0 Å². The summed E-state index contributed by atoms with van der Waals surface area (Å²) in [6, 6.07) is 3.48. The molecule has 1 saturated carbocycles. The summed E-state index contributed by atoms with van der Waals surface area (Å²) >= 11 is 0. The molecule has 1 fully saturated rings. The maximum Gasteiger partial charge on any atom is 0.151 e. The first kappa shape index (κ1) is 9.82. The number of aromatic nitrogens is 2. The van der Waals surface area contributed by atoms with E-state index in [-0.39, 0.29) is 5.82 Å². The molecule has 0 amide bonds. The van der Waals surface area contributed by atoms with Crippen molar-refractivity contribution in [3.8, 4) is 0 Å². The molecule has 2 unspecified atom stereocenters. The smallest absolute Gasteiger partial charge is 0.151 e. The van der Waals surface area contributed by atoms with Crippen molar-refractivity contribution in [3.63, 3.8) is 0 Å². The summed E-state index contributed by atoms with van der Waals surface area (Å²) < 4.78 is 15.3. The standard InChI is InChI=1S/C13H15FN2/c1-3-8-6-10(8)9-4-5-12(14)13-11(9)7-16(2)15-13/h4-5,7-8,10H,3,6H2,1-2H3. The first-order valence-corrected chi connectivity index (χ1v) is 5.82. The van der Waals surface area contributed by atoms with Gasteiger partial charge in [-0.3, -0.25) is 4.68 Å². The monoisotopic (exact) mass is 218 g/mol. The van der Waals surface area contributed by atoms with Crippen molar-refractivity contribution in [1.29, 1.82) is 0 Å². The zero-order valence-electron chi connectivity index (χ0n) is 9.57. The fourth-order valence-corrected chi connectivity index (χ4v) is 2.61. The Balaban J connectivity index is 2.15. The van der Waals surface area contributed by atoms with Crippen molar-refractivity contribution < 1.29 is 4.39 Å². The van der Waals surface area contributed by atoms with Crippen LogP contribution < -0.4 is 0 Å². The molecule has 2 nitrogen and oxygen atoms in total. The van der Waals surface area contributed by atoms with Crippen LogP contribution in [0.4, 0.5) is 4.39 Å². The van der Waals surface area contributed by atoms with Crippen LogP contribution in [0.3, 0.4) is 0 Å². The Bertz CT molecular complexity index is 544. The van der Waals surface area contributed by atoms with Crippen LogP contribution in [0.1, 0.15) is 31.2 Å². The van der Waals surface area contributed by atoms with Crippen LogP contribution in [0.25, 0.3) is 10.9 Å². The highest BCUT2D eigenvalue weighted by atomic mass is 19.1. The number of hydrogen-bond acceptors (Lipinski definition) is 1. The molecule has 3 rings (SSSR count). The average Bonchev–Trinajstić information content (AvgIpc) is 2.93. The van der Waals surface area contributed by atoms with Crippen LogP contribution in [0.5, 0.6) is 0 Å². The fourth-order valence-electron chi connectivity index (χ4n) is 2.61. The predicted octanol–water partition coefficient (Wildman–Crippen LogP) is 3.23. The molecule has 2 atom stereocenters. The van der Waals surface area contributed by atoms with Gasteiger partial charge in [0.25, 0.3) is 0 Å². The van der Waals surface area contributed by atoms with E-state index in [4.69, 9.17) is 0 Å². The van der Waals surface area contributed by atoms with Crippen LogP contribution in [0.2, 0.25) is 0 Å². The molecule has 0 radical (unpaired) electrons. The average molecular weight is 218 g/mol. The first-order chi connectivity index (χ1) is 7.70. The summed E-state index contributed by atoms with van der Waals surface area (Å²) in [6.45, 7) is 2.22. The van der Waals surface area contributed by atoms with Crippen LogP contribution in [-0.2, 0) is 7.05 Å². The van der Waals surface area contributed by atoms with E-state index in [1.807, 2.05) is 19.3 Å². The second kappa shape index (κ2) is 3.30. The Labute approximate surface area is 94.1 Å². The van der Waals surface area contributed by atoms with Crippen molar-refractivity contribution in [1.82, 2.24) is 9.78 Å². The summed E-state index contributed by atoms with van der Waals surface area (Å²) in [5, 5.41) is 5.17. The van der Waals surface area contributed by atoms with E-state index in [2.05, 4.69) is 12.0 Å². The summed E-state index contributed by atoms with van der Waals surface area (Å²) in [7, 11) is 1.84. The topological polar surface area (TPSA) is 17.8 Å². The Kier molecular flexibility index (Phi) is 2.03. The minimum absolute atomic E-state index is 0.215. The van der Waals surface area contributed by atoms with Gasteiger partial charge in [-0.05, 0) is 29.9 Å². The van der Waals surface area contributed by atoms with Gasteiger partial charge >= 0.3 is 0 Å². The van der Waals surface area contributed by atoms with Gasteiger partial charge in [0.15, 0.2) is 5.82 Å².